The SMILES string of the molecule is CC([C@@H]1CC2[C@@H]3CCC4=CC(=O)C=C[C@]4(C)C3C(O)C[C@]2(C)[C@H]1C(=O)CO)N(C)Cc1ccco1. The van der Waals surface area contributed by atoms with Gasteiger partial charge in [-0.25, -0.2) is 0 Å². The molecule has 4 unspecified atom stereocenters. The number of hydrogen-bond donors (Lipinski definition) is 2. The molecule has 2 N–H and O–H groups in total. The molecule has 190 valence electrons. The van der Waals surface area contributed by atoms with E-state index < -0.39 is 12.7 Å². The van der Waals surface area contributed by atoms with Crippen molar-refractivity contribution >= 4 is 11.6 Å². The number of Topliss-reactive ketones (excluding diaryl/α,β-unsaturated/α-hetero) is 1. The Bertz CT molecular complexity index is 1040. The molecule has 1 aromatic rings. The monoisotopic (exact) mass is 481 g/mol. The third-order valence-corrected chi connectivity index (χ3v) is 10.4. The topological polar surface area (TPSA) is 91.0 Å². The van der Waals surface area contributed by atoms with Crippen LogP contribution in [0.3, 0.4) is 0 Å². The Hall–Kier alpha value is -2.02. The second-order valence-electron chi connectivity index (χ2n) is 12.0. The molecule has 0 aliphatic heterocycles. The molecular formula is C29H39NO5. The summed E-state index contributed by atoms with van der Waals surface area (Å²) < 4.78 is 5.56. The molecule has 5 rings (SSSR count). The highest BCUT2D eigenvalue weighted by Gasteiger charge is 2.65. The van der Waals surface area contributed by atoms with Gasteiger partial charge >= 0.3 is 0 Å². The van der Waals surface area contributed by atoms with E-state index >= 15 is 0 Å². The van der Waals surface area contributed by atoms with Crippen LogP contribution >= 0.6 is 0 Å². The van der Waals surface area contributed by atoms with E-state index in [0.29, 0.717) is 13.0 Å². The smallest absolute Gasteiger partial charge is 0.178 e. The highest BCUT2D eigenvalue weighted by molar-refractivity contribution is 6.01. The molecule has 0 bridgehead atoms. The first-order valence-corrected chi connectivity index (χ1v) is 13.1. The Kier molecular flexibility index (Phi) is 6.22. The quantitative estimate of drug-likeness (QED) is 0.643. The summed E-state index contributed by atoms with van der Waals surface area (Å²) in [4.78, 5) is 27.6. The summed E-state index contributed by atoms with van der Waals surface area (Å²) in [5.41, 5.74) is 0.447. The summed E-state index contributed by atoms with van der Waals surface area (Å²) >= 11 is 0. The van der Waals surface area contributed by atoms with Crippen molar-refractivity contribution < 1.29 is 24.2 Å². The average Bonchev–Trinajstić information content (AvgIpc) is 3.43. The van der Waals surface area contributed by atoms with Crippen LogP contribution in [-0.4, -0.2) is 52.5 Å². The summed E-state index contributed by atoms with van der Waals surface area (Å²) in [6.07, 6.45) is 9.81. The summed E-state index contributed by atoms with van der Waals surface area (Å²) in [6, 6.07) is 3.96. The van der Waals surface area contributed by atoms with Crippen molar-refractivity contribution in [3.63, 3.8) is 0 Å². The Labute approximate surface area is 208 Å². The fourth-order valence-corrected chi connectivity index (χ4v) is 8.72. The first kappa shape index (κ1) is 24.7. The lowest BCUT2D eigenvalue weighted by Crippen LogP contribution is -2.56. The van der Waals surface area contributed by atoms with Gasteiger partial charge in [0.25, 0.3) is 0 Å². The van der Waals surface area contributed by atoms with Gasteiger partial charge < -0.3 is 14.6 Å². The molecule has 3 saturated carbocycles. The highest BCUT2D eigenvalue weighted by atomic mass is 16.3. The predicted octanol–water partition coefficient (Wildman–Crippen LogP) is 3.78. The zero-order valence-electron chi connectivity index (χ0n) is 21.3. The Morgan fingerprint density at radius 1 is 1.34 bits per heavy atom. The zero-order chi connectivity index (χ0) is 25.1. The minimum Gasteiger partial charge on any atom is -0.468 e. The molecule has 1 heterocycles. The average molecular weight is 482 g/mol. The first-order valence-electron chi connectivity index (χ1n) is 13.1. The third kappa shape index (κ3) is 3.80. The molecular weight excluding hydrogens is 442 g/mol. The van der Waals surface area contributed by atoms with Crippen molar-refractivity contribution in [2.75, 3.05) is 13.7 Å². The van der Waals surface area contributed by atoms with Crippen molar-refractivity contribution in [3.8, 4) is 0 Å². The molecule has 6 nitrogen and oxygen atoms in total. The number of carbonyl (C=O) groups excluding carboxylic acids is 2. The molecule has 35 heavy (non-hydrogen) atoms. The van der Waals surface area contributed by atoms with Gasteiger partial charge in [0, 0.05) is 23.3 Å². The number of allylic oxidation sites excluding steroid dienone is 4. The second-order valence-corrected chi connectivity index (χ2v) is 12.0. The highest BCUT2D eigenvalue weighted by Crippen LogP contribution is 2.67. The maximum absolute atomic E-state index is 13.3. The Balaban J connectivity index is 1.48. The van der Waals surface area contributed by atoms with E-state index in [1.807, 2.05) is 18.2 Å². The van der Waals surface area contributed by atoms with Crippen LogP contribution in [0, 0.1) is 40.4 Å². The lowest BCUT2D eigenvalue weighted by atomic mass is 9.46. The summed E-state index contributed by atoms with van der Waals surface area (Å²) in [7, 11) is 2.07. The van der Waals surface area contributed by atoms with Crippen molar-refractivity contribution in [2.24, 2.45) is 40.4 Å². The Morgan fingerprint density at radius 3 is 2.80 bits per heavy atom. The van der Waals surface area contributed by atoms with Crippen LogP contribution in [-0.2, 0) is 16.1 Å². The third-order valence-electron chi connectivity index (χ3n) is 10.4. The van der Waals surface area contributed by atoms with Gasteiger partial charge in [-0.05, 0) is 87.1 Å². The van der Waals surface area contributed by atoms with Crippen LogP contribution in [0.4, 0.5) is 0 Å². The molecule has 6 heteroatoms. The van der Waals surface area contributed by atoms with Gasteiger partial charge in [0.15, 0.2) is 11.6 Å². The van der Waals surface area contributed by atoms with Crippen LogP contribution < -0.4 is 0 Å². The van der Waals surface area contributed by atoms with E-state index in [4.69, 9.17) is 4.42 Å². The maximum atomic E-state index is 13.3. The number of aliphatic hydroxyl groups is 2. The fourth-order valence-electron chi connectivity index (χ4n) is 8.72. The van der Waals surface area contributed by atoms with Crippen LogP contribution in [0.15, 0.2) is 46.6 Å². The summed E-state index contributed by atoms with van der Waals surface area (Å²) in [5.74, 6) is 1.20. The van der Waals surface area contributed by atoms with Gasteiger partial charge in [0.2, 0.25) is 0 Å². The number of carbonyl (C=O) groups is 2. The minimum atomic E-state index is -0.559. The van der Waals surface area contributed by atoms with Gasteiger partial charge in [0.1, 0.15) is 12.4 Å². The maximum Gasteiger partial charge on any atom is 0.178 e. The van der Waals surface area contributed by atoms with Gasteiger partial charge in [-0.3, -0.25) is 14.5 Å². The standard InChI is InChI=1S/C29H39NO5/c1-17(30(4)15-20-6-5-11-35-20)22-13-23-21-8-7-18-12-19(32)9-10-28(18,2)26(21)24(33)14-29(23,3)27(22)25(34)16-31/h5-6,9-12,17,21-24,26-27,31,33H,7-8,13-16H2,1-4H3/t17?,21-,22-,23?,24?,26?,27+,28-,29-/m0/s1. The lowest BCUT2D eigenvalue weighted by Gasteiger charge is -2.58. The molecule has 4 aliphatic carbocycles. The second kappa shape index (κ2) is 8.82. The molecule has 3 fully saturated rings. The normalized spacial score (nSPS) is 41.2. The lowest BCUT2D eigenvalue weighted by molar-refractivity contribution is -0.143. The van der Waals surface area contributed by atoms with Crippen molar-refractivity contribution in [1.29, 1.82) is 0 Å². The van der Waals surface area contributed by atoms with E-state index in [1.165, 1.54) is 0 Å². The van der Waals surface area contributed by atoms with Gasteiger partial charge in [-0.1, -0.05) is 25.5 Å². The predicted molar refractivity (Wildman–Crippen MR) is 132 cm³/mol. The molecule has 0 spiro atoms. The fraction of sp³-hybridized carbons (Fsp3) is 0.655. The number of hydrogen-bond acceptors (Lipinski definition) is 6. The number of nitrogens with zero attached hydrogens (tertiary/aromatic N) is 1. The van der Waals surface area contributed by atoms with Gasteiger partial charge in [-0.2, -0.15) is 0 Å². The molecule has 9 atom stereocenters. The van der Waals surface area contributed by atoms with Crippen LogP contribution in [0.5, 0.6) is 0 Å². The van der Waals surface area contributed by atoms with Gasteiger partial charge in [0.05, 0.1) is 18.9 Å². The molecule has 4 aliphatic rings. The number of ketones is 2. The number of fused-ring (bicyclic) bond motifs is 5. The van der Waals surface area contributed by atoms with E-state index in [9.17, 15) is 19.8 Å². The summed E-state index contributed by atoms with van der Waals surface area (Å²) in [6.45, 7) is 6.73. The van der Waals surface area contributed by atoms with E-state index in [2.05, 4.69) is 32.7 Å². The van der Waals surface area contributed by atoms with Crippen molar-refractivity contribution in [2.45, 2.75) is 65.1 Å². The van der Waals surface area contributed by atoms with Gasteiger partial charge in [-0.15, -0.1) is 0 Å². The van der Waals surface area contributed by atoms with Crippen LogP contribution in [0.25, 0.3) is 0 Å². The van der Waals surface area contributed by atoms with Crippen LogP contribution in [0.1, 0.15) is 52.2 Å². The molecule has 1 aromatic heterocycles. The molecule has 0 saturated heterocycles. The number of furan rings is 1. The summed E-state index contributed by atoms with van der Waals surface area (Å²) in [5, 5.41) is 21.6. The largest absolute Gasteiger partial charge is 0.468 e. The van der Waals surface area contributed by atoms with E-state index in [1.54, 1.807) is 18.4 Å². The van der Waals surface area contributed by atoms with Crippen LogP contribution in [0.2, 0.25) is 0 Å². The molecule has 0 aromatic carbocycles. The van der Waals surface area contributed by atoms with E-state index in [0.717, 1.165) is 30.6 Å². The Morgan fingerprint density at radius 2 is 2.11 bits per heavy atom. The van der Waals surface area contributed by atoms with Crippen molar-refractivity contribution in [1.82, 2.24) is 4.90 Å². The zero-order valence-corrected chi connectivity index (χ0v) is 21.3. The first-order chi connectivity index (χ1) is 16.6. The van der Waals surface area contributed by atoms with Crippen molar-refractivity contribution in [3.05, 3.63) is 48.0 Å². The minimum absolute atomic E-state index is 0.0321. The molecule has 0 radical (unpaired) electrons. The molecule has 0 amide bonds. The number of rotatable bonds is 6. The number of aliphatic hydroxyl groups excluding tert-OH is 2. The van der Waals surface area contributed by atoms with E-state index in [-0.39, 0.29) is 58.0 Å².